The van der Waals surface area contributed by atoms with Gasteiger partial charge in [-0.15, -0.1) is 0 Å². The fraction of sp³-hybridized carbons (Fsp3) is 0.188. The zero-order valence-electron chi connectivity index (χ0n) is 11.9. The number of halogens is 4. The number of carbonyl (C=O) groups excluding carboxylic acids is 1. The van der Waals surface area contributed by atoms with Gasteiger partial charge in [-0.2, -0.15) is 0 Å². The van der Waals surface area contributed by atoms with E-state index in [1.54, 1.807) is 0 Å². The summed E-state index contributed by atoms with van der Waals surface area (Å²) in [4.78, 5) is 12.2. The lowest BCUT2D eigenvalue weighted by Crippen LogP contribution is -2.49. The highest BCUT2D eigenvalue weighted by Crippen LogP contribution is 2.31. The molecule has 2 aromatic rings. The van der Waals surface area contributed by atoms with E-state index in [-0.39, 0.29) is 12.3 Å². The van der Waals surface area contributed by atoms with Gasteiger partial charge in [-0.25, -0.2) is 0 Å². The molecule has 2 rings (SSSR count). The van der Waals surface area contributed by atoms with Crippen molar-refractivity contribution in [2.24, 2.45) is 0 Å². The monoisotopic (exact) mass is 434 g/mol. The first-order chi connectivity index (χ1) is 10.8. The van der Waals surface area contributed by atoms with Crippen LogP contribution in [0.5, 0.6) is 0 Å². The molecule has 0 saturated heterocycles. The Kier molecular flexibility index (Phi) is 6.60. The Morgan fingerprint density at radius 1 is 1.04 bits per heavy atom. The van der Waals surface area contributed by atoms with Gasteiger partial charge in [-0.1, -0.05) is 81.1 Å². The minimum Gasteiger partial charge on any atom is -0.362 e. The quantitative estimate of drug-likeness (QED) is 0.516. The third kappa shape index (κ3) is 6.22. The van der Waals surface area contributed by atoms with Crippen LogP contribution < -0.4 is 10.6 Å². The Bertz CT molecular complexity index is 645. The largest absolute Gasteiger partial charge is 0.362 e. The van der Waals surface area contributed by atoms with Gasteiger partial charge in [0.15, 0.2) is 0 Å². The predicted molar refractivity (Wildman–Crippen MR) is 100 cm³/mol. The normalized spacial score (nSPS) is 12.5. The van der Waals surface area contributed by atoms with Gasteiger partial charge in [0.2, 0.25) is 9.70 Å². The number of amides is 1. The molecular weight excluding hydrogens is 422 g/mol. The van der Waals surface area contributed by atoms with Crippen LogP contribution in [0.15, 0.2) is 59.1 Å². The van der Waals surface area contributed by atoms with Gasteiger partial charge in [0.1, 0.15) is 6.17 Å². The molecule has 122 valence electrons. The Morgan fingerprint density at radius 3 is 2.22 bits per heavy atom. The van der Waals surface area contributed by atoms with E-state index in [1.165, 1.54) is 0 Å². The molecule has 0 aliphatic carbocycles. The lowest BCUT2D eigenvalue weighted by atomic mass is 10.1. The van der Waals surface area contributed by atoms with Crippen LogP contribution >= 0.6 is 50.7 Å². The van der Waals surface area contributed by atoms with Crippen molar-refractivity contribution in [2.45, 2.75) is 16.4 Å². The van der Waals surface area contributed by atoms with Gasteiger partial charge in [0.25, 0.3) is 0 Å². The van der Waals surface area contributed by atoms with Crippen molar-refractivity contribution in [2.75, 3.05) is 5.32 Å². The Labute approximate surface area is 158 Å². The lowest BCUT2D eigenvalue weighted by molar-refractivity contribution is -0.120. The fourth-order valence-electron chi connectivity index (χ4n) is 1.91. The van der Waals surface area contributed by atoms with E-state index < -0.39 is 9.96 Å². The van der Waals surface area contributed by atoms with Crippen LogP contribution in [0.1, 0.15) is 5.56 Å². The standard InChI is InChI=1S/C16H14BrCl3N2O/c17-12-6-8-13(9-7-12)21-15(16(18,19)20)22-14(23)10-11-4-2-1-3-5-11/h1-9,15,21H,10H2,(H,22,23)/t15-/m1/s1. The molecule has 2 aromatic carbocycles. The summed E-state index contributed by atoms with van der Waals surface area (Å²) in [6, 6.07) is 16.7. The third-order valence-corrected chi connectivity index (χ3v) is 4.18. The molecular formula is C16H14BrCl3N2O. The maximum Gasteiger partial charge on any atom is 0.228 e. The third-order valence-electron chi connectivity index (χ3n) is 3.00. The van der Waals surface area contributed by atoms with Gasteiger partial charge in [-0.3, -0.25) is 4.79 Å². The lowest BCUT2D eigenvalue weighted by Gasteiger charge is -2.27. The van der Waals surface area contributed by atoms with E-state index in [0.717, 1.165) is 15.7 Å². The minimum atomic E-state index is -1.70. The number of anilines is 1. The summed E-state index contributed by atoms with van der Waals surface area (Å²) in [5.41, 5.74) is 1.61. The van der Waals surface area contributed by atoms with Crippen molar-refractivity contribution >= 4 is 62.3 Å². The molecule has 0 saturated carbocycles. The van der Waals surface area contributed by atoms with Crippen LogP contribution in [0, 0.1) is 0 Å². The molecule has 2 N–H and O–H groups in total. The molecule has 7 heteroatoms. The van der Waals surface area contributed by atoms with Crippen LogP contribution in [0.4, 0.5) is 5.69 Å². The number of carbonyl (C=O) groups is 1. The average Bonchev–Trinajstić information content (AvgIpc) is 2.49. The molecule has 0 fully saturated rings. The van der Waals surface area contributed by atoms with Crippen molar-refractivity contribution in [3.05, 3.63) is 64.6 Å². The minimum absolute atomic E-state index is 0.208. The SMILES string of the molecule is O=C(Cc1ccccc1)N[C@@H](Nc1ccc(Br)cc1)C(Cl)(Cl)Cl. The molecule has 1 amide bonds. The summed E-state index contributed by atoms with van der Waals surface area (Å²) in [6.45, 7) is 0. The number of hydrogen-bond acceptors (Lipinski definition) is 2. The zero-order chi connectivity index (χ0) is 16.9. The predicted octanol–water partition coefficient (Wildman–Crippen LogP) is 4.92. The second-order valence-corrected chi connectivity index (χ2v) is 8.14. The number of alkyl halides is 3. The highest BCUT2D eigenvalue weighted by Gasteiger charge is 2.34. The Morgan fingerprint density at radius 2 is 1.65 bits per heavy atom. The van der Waals surface area contributed by atoms with Crippen LogP contribution in [0.3, 0.4) is 0 Å². The van der Waals surface area contributed by atoms with E-state index in [9.17, 15) is 4.79 Å². The Hall–Kier alpha value is -0.940. The molecule has 0 aromatic heterocycles. The maximum absolute atomic E-state index is 12.2. The first-order valence-electron chi connectivity index (χ1n) is 6.77. The molecule has 23 heavy (non-hydrogen) atoms. The number of benzene rings is 2. The maximum atomic E-state index is 12.2. The van der Waals surface area contributed by atoms with Gasteiger partial charge in [0.05, 0.1) is 6.42 Å². The summed E-state index contributed by atoms with van der Waals surface area (Å²) < 4.78 is -0.763. The zero-order valence-corrected chi connectivity index (χ0v) is 15.8. The molecule has 0 radical (unpaired) electrons. The van der Waals surface area contributed by atoms with Crippen LogP contribution in [-0.4, -0.2) is 15.9 Å². The van der Waals surface area contributed by atoms with Gasteiger partial charge >= 0.3 is 0 Å². The Balaban J connectivity index is 2.04. The van der Waals surface area contributed by atoms with Gasteiger partial charge < -0.3 is 10.6 Å². The molecule has 0 unspecified atom stereocenters. The van der Waals surface area contributed by atoms with Crippen molar-refractivity contribution in [1.82, 2.24) is 5.32 Å². The molecule has 1 atom stereocenters. The molecule has 0 aliphatic heterocycles. The highest BCUT2D eigenvalue weighted by molar-refractivity contribution is 9.10. The topological polar surface area (TPSA) is 41.1 Å². The fourth-order valence-corrected chi connectivity index (χ4v) is 2.50. The molecule has 3 nitrogen and oxygen atoms in total. The summed E-state index contributed by atoms with van der Waals surface area (Å²) in [5.74, 6) is -0.239. The first kappa shape index (κ1) is 18.4. The van der Waals surface area contributed by atoms with Crippen LogP contribution in [-0.2, 0) is 11.2 Å². The number of hydrogen-bond donors (Lipinski definition) is 2. The highest BCUT2D eigenvalue weighted by atomic mass is 79.9. The summed E-state index contributed by atoms with van der Waals surface area (Å²) in [5, 5.41) is 5.73. The van der Waals surface area contributed by atoms with Crippen molar-refractivity contribution in [3.63, 3.8) is 0 Å². The van der Waals surface area contributed by atoms with Crippen molar-refractivity contribution in [3.8, 4) is 0 Å². The van der Waals surface area contributed by atoms with E-state index >= 15 is 0 Å². The van der Waals surface area contributed by atoms with Crippen molar-refractivity contribution < 1.29 is 4.79 Å². The smallest absolute Gasteiger partial charge is 0.228 e. The van der Waals surface area contributed by atoms with E-state index in [1.807, 2.05) is 54.6 Å². The van der Waals surface area contributed by atoms with Gasteiger partial charge in [0, 0.05) is 10.2 Å². The van der Waals surface area contributed by atoms with Crippen molar-refractivity contribution in [1.29, 1.82) is 0 Å². The second kappa shape index (κ2) is 8.25. The van der Waals surface area contributed by atoms with E-state index in [4.69, 9.17) is 34.8 Å². The molecule has 0 bridgehead atoms. The molecule has 0 heterocycles. The number of rotatable bonds is 5. The van der Waals surface area contributed by atoms with Crippen LogP contribution in [0.25, 0.3) is 0 Å². The summed E-state index contributed by atoms with van der Waals surface area (Å²) in [6.07, 6.45) is -0.648. The number of nitrogens with one attached hydrogen (secondary N) is 2. The second-order valence-electron chi connectivity index (χ2n) is 4.86. The first-order valence-corrected chi connectivity index (χ1v) is 8.69. The summed E-state index contributed by atoms with van der Waals surface area (Å²) >= 11 is 21.3. The molecule has 0 aliphatic rings. The molecule has 0 spiro atoms. The van der Waals surface area contributed by atoms with Crippen LogP contribution in [0.2, 0.25) is 0 Å². The van der Waals surface area contributed by atoms with E-state index in [0.29, 0.717) is 0 Å². The van der Waals surface area contributed by atoms with Gasteiger partial charge in [-0.05, 0) is 29.8 Å². The average molecular weight is 437 g/mol. The summed E-state index contributed by atoms with van der Waals surface area (Å²) in [7, 11) is 0. The van der Waals surface area contributed by atoms with E-state index in [2.05, 4.69) is 26.6 Å².